The lowest BCUT2D eigenvalue weighted by Gasteiger charge is -2.31. The molecule has 11 aliphatic heterocycles. The minimum absolute atomic E-state index is 0.0212. The number of carbonyl (C=O) groups excluding carboxylic acids is 13. The number of ketones is 3. The fourth-order valence-corrected chi connectivity index (χ4v) is 17.7. The molecule has 6 aromatic rings. The van der Waals surface area contributed by atoms with E-state index in [9.17, 15) is 67.7 Å². The molecular weight excluding hydrogens is 1710 g/mol. The summed E-state index contributed by atoms with van der Waals surface area (Å²) in [4.78, 5) is 186. The van der Waals surface area contributed by atoms with Crippen molar-refractivity contribution in [3.05, 3.63) is 196 Å². The van der Waals surface area contributed by atoms with Gasteiger partial charge in [-0.05, 0) is 158 Å². The number of fused-ring (bicyclic) bond motifs is 2. The fourth-order valence-electron chi connectivity index (χ4n) is 17.7. The molecule has 6 N–H and O–H groups in total. The van der Waals surface area contributed by atoms with Crippen LogP contribution in [-0.4, -0.2) is 267 Å². The first-order chi connectivity index (χ1) is 64.5. The van der Waals surface area contributed by atoms with E-state index in [-0.39, 0.29) is 198 Å². The summed E-state index contributed by atoms with van der Waals surface area (Å²) in [6.45, 7) is 4.91. The number of carbonyl (C=O) groups is 13. The van der Waals surface area contributed by atoms with Gasteiger partial charge in [-0.25, -0.2) is 19.4 Å². The Morgan fingerprint density at radius 2 is 1.03 bits per heavy atom. The lowest BCUT2D eigenvalue weighted by molar-refractivity contribution is -0.146. The third-order valence-corrected chi connectivity index (χ3v) is 24.9. The van der Waals surface area contributed by atoms with Gasteiger partial charge >= 0.3 is 12.2 Å². The first kappa shape index (κ1) is 96.1. The van der Waals surface area contributed by atoms with Crippen LogP contribution < -0.4 is 50.0 Å². The molecule has 6 aromatic carbocycles. The molecule has 11 heterocycles. The maximum atomic E-state index is 15.2. The third-order valence-electron chi connectivity index (χ3n) is 24.9. The number of hydrogen-bond donors (Lipinski definition) is 6. The number of imide groups is 1. The maximum Gasteiger partial charge on any atom is 0.416 e. The van der Waals surface area contributed by atoms with Gasteiger partial charge in [0.2, 0.25) is 23.6 Å². The Morgan fingerprint density at radius 1 is 0.504 bits per heavy atom. The zero-order chi connectivity index (χ0) is 93.6. The van der Waals surface area contributed by atoms with E-state index in [1.165, 1.54) is 46.1 Å². The first-order valence-corrected chi connectivity index (χ1v) is 45.7. The van der Waals surface area contributed by atoms with Crippen molar-refractivity contribution in [1.82, 2.24) is 40.4 Å². The maximum absolute atomic E-state index is 15.2. The van der Waals surface area contributed by atoms with E-state index in [4.69, 9.17) is 37.9 Å². The summed E-state index contributed by atoms with van der Waals surface area (Å²) < 4.78 is 47.5. The molecule has 10 amide bonds. The molecular formula is C99H115N11O23. The van der Waals surface area contributed by atoms with Crippen LogP contribution in [0.4, 0.5) is 26.7 Å². The third kappa shape index (κ3) is 24.3. The predicted molar refractivity (Wildman–Crippen MR) is 488 cm³/mol. The van der Waals surface area contributed by atoms with E-state index >= 15 is 4.79 Å². The van der Waals surface area contributed by atoms with E-state index in [1.54, 1.807) is 133 Å². The van der Waals surface area contributed by atoms with Gasteiger partial charge in [-0.1, -0.05) is 91.4 Å². The normalized spacial score (nSPS) is 21.9. The van der Waals surface area contributed by atoms with Gasteiger partial charge in [0.1, 0.15) is 42.6 Å². The summed E-state index contributed by atoms with van der Waals surface area (Å²) in [5, 5.41) is 37.1. The average molecular weight is 1830 g/mol. The van der Waals surface area contributed by atoms with Crippen molar-refractivity contribution in [3.63, 3.8) is 0 Å². The van der Waals surface area contributed by atoms with Gasteiger partial charge in [0.25, 0.3) is 23.6 Å². The number of hydrogen-bond acceptors (Lipinski definition) is 25. The highest BCUT2D eigenvalue weighted by molar-refractivity contribution is 6.13. The second kappa shape index (κ2) is 45.9. The van der Waals surface area contributed by atoms with Crippen LogP contribution in [0, 0.1) is 6.92 Å². The number of benzene rings is 6. The molecule has 0 aliphatic carbocycles. The van der Waals surface area contributed by atoms with Crippen LogP contribution in [-0.2, 0) is 88.2 Å². The van der Waals surface area contributed by atoms with Gasteiger partial charge in [-0.15, -0.1) is 0 Å². The molecule has 34 nitrogen and oxygen atoms in total. The summed E-state index contributed by atoms with van der Waals surface area (Å²) in [7, 11) is 2.97. The highest BCUT2D eigenvalue weighted by Crippen LogP contribution is 2.44. The molecule has 704 valence electrons. The van der Waals surface area contributed by atoms with Gasteiger partial charge < -0.3 is 89.0 Å². The monoisotopic (exact) mass is 1830 g/mol. The molecule has 2 saturated heterocycles. The summed E-state index contributed by atoms with van der Waals surface area (Å²) in [6.07, 6.45) is 7.08. The number of anilines is 3. The number of unbranched alkanes of at least 4 members (excludes halogenated alkanes) is 2. The quantitative estimate of drug-likeness (QED) is 0.0466. The lowest BCUT2D eigenvalue weighted by atomic mass is 10.0. The number of amides is 10. The zero-order valence-electron chi connectivity index (χ0n) is 75.2. The van der Waals surface area contributed by atoms with Crippen LogP contribution in [0.2, 0.25) is 0 Å². The van der Waals surface area contributed by atoms with Crippen molar-refractivity contribution >= 4 is 105 Å². The van der Waals surface area contributed by atoms with Gasteiger partial charge in [0, 0.05) is 127 Å². The number of Topliss-reactive ketones (excluding diaryl/α,β-unsaturated/α-hetero) is 3. The Balaban J connectivity index is 0.648. The van der Waals surface area contributed by atoms with Gasteiger partial charge in [0.05, 0.1) is 94.9 Å². The number of methoxy groups -OCH3 is 2. The first-order valence-electron chi connectivity index (χ1n) is 45.7. The number of aryl methyl sites for hydroxylation is 1. The van der Waals surface area contributed by atoms with Crippen molar-refractivity contribution in [1.29, 1.82) is 0 Å². The van der Waals surface area contributed by atoms with Crippen molar-refractivity contribution in [2.24, 2.45) is 0 Å². The highest BCUT2D eigenvalue weighted by atomic mass is 16.6. The Labute approximate surface area is 771 Å². The summed E-state index contributed by atoms with van der Waals surface area (Å²) in [5.74, 6) is -1.83. The van der Waals surface area contributed by atoms with Crippen LogP contribution in [0.25, 0.3) is 11.1 Å². The van der Waals surface area contributed by atoms with Crippen LogP contribution in [0.1, 0.15) is 156 Å². The van der Waals surface area contributed by atoms with Crippen LogP contribution >= 0.6 is 0 Å². The van der Waals surface area contributed by atoms with Crippen LogP contribution in [0.3, 0.4) is 0 Å². The molecule has 8 bridgehead atoms. The molecule has 133 heavy (non-hydrogen) atoms. The van der Waals surface area contributed by atoms with Gasteiger partial charge in [0.15, 0.2) is 35.5 Å². The molecule has 17 rings (SSSR count). The van der Waals surface area contributed by atoms with Crippen molar-refractivity contribution in [3.8, 4) is 23.0 Å². The summed E-state index contributed by atoms with van der Waals surface area (Å²) in [6, 6.07) is 30.6. The Kier molecular flexibility index (Phi) is 33.2. The van der Waals surface area contributed by atoms with Crippen molar-refractivity contribution in [2.75, 3.05) is 134 Å². The fraction of sp³-hybridized carbons (Fsp3) is 0.444. The summed E-state index contributed by atoms with van der Waals surface area (Å²) >= 11 is 0. The van der Waals surface area contributed by atoms with E-state index in [1.807, 2.05) is 12.1 Å². The number of aliphatic hydroxyl groups excluding tert-OH is 2. The molecule has 11 aliphatic rings. The summed E-state index contributed by atoms with van der Waals surface area (Å²) in [5.41, 5.74) is 6.47. The average Bonchev–Trinajstić information content (AvgIpc) is 1.60. The van der Waals surface area contributed by atoms with E-state index in [0.717, 1.165) is 26.5 Å². The largest absolute Gasteiger partial charge is 0.497 e. The molecule has 0 aromatic heterocycles. The number of aliphatic hydroxyl groups is 2. The van der Waals surface area contributed by atoms with Crippen molar-refractivity contribution in [2.45, 2.75) is 166 Å². The zero-order valence-corrected chi connectivity index (χ0v) is 75.2. The van der Waals surface area contributed by atoms with Crippen molar-refractivity contribution < 1.29 is 110 Å². The Bertz CT molecular complexity index is 5350. The van der Waals surface area contributed by atoms with Gasteiger partial charge in [-0.3, -0.25) is 57.6 Å². The molecule has 2 unspecified atom stereocenters. The molecule has 0 spiro atoms. The highest BCUT2D eigenvalue weighted by Gasteiger charge is 2.49. The van der Waals surface area contributed by atoms with E-state index in [2.05, 4.69) is 21.3 Å². The Hall–Kier alpha value is -13.0. The predicted octanol–water partition coefficient (Wildman–Crippen LogP) is 8.51. The number of nitrogens with zero attached hydrogens (tertiary/aromatic N) is 7. The second-order valence-corrected chi connectivity index (χ2v) is 34.2. The van der Waals surface area contributed by atoms with Gasteiger partial charge in [-0.2, -0.15) is 0 Å². The topological polar surface area (TPSA) is 407 Å². The molecule has 6 atom stereocenters. The van der Waals surface area contributed by atoms with E-state index in [0.29, 0.717) is 161 Å². The number of ether oxygens (including phenoxy) is 8. The van der Waals surface area contributed by atoms with Crippen LogP contribution in [0.15, 0.2) is 146 Å². The minimum atomic E-state index is -1.76. The van der Waals surface area contributed by atoms with Crippen LogP contribution in [0.5, 0.6) is 23.0 Å². The van der Waals surface area contributed by atoms with E-state index < -0.39 is 66.5 Å². The Morgan fingerprint density at radius 3 is 1.61 bits per heavy atom. The molecule has 2 fully saturated rings. The molecule has 0 saturated carbocycles. The SMILES string of the molecule is COc1ccc(C2=C[C@H]3C(O)N4C(=O)OCc5ccc(cc5)CC(=O)CNCCOCCCC(=O)CCC(=O)NCCOCCNCC(=O)Cc5ccc(cc5)COC(=O)N5c6cc(c(OC)cc6C(=O)N6CC(c7ccc(NC(=O)[C@@H]8CCCN8C(=O)[C@@H]8CCCN8C(=O)CCCCCN8C(=O)C=CC8=O)cc7)=C[C@H]6C5O)OCCCCCOc5cc4c(cc5C)C(=O)N3C2)cc1. The second-order valence-electron chi connectivity index (χ2n) is 34.2. The number of likely N-dealkylation sites (tertiary alicyclic amines) is 2. The minimum Gasteiger partial charge on any atom is -0.497 e. The smallest absolute Gasteiger partial charge is 0.416 e. The lowest BCUT2D eigenvalue weighted by Crippen LogP contribution is -2.51. The molecule has 0 radical (unpaired) electrons. The number of nitrogens with one attached hydrogen (secondary N) is 4. The number of rotatable bonds is 13. The molecule has 34 heteroatoms. The standard InChI is InChI=1S/C99H115N11O23/c1-63-49-77-81-55-85(63)130-44-8-5-9-45-131-87-56-82-78(54-86(87)127-3)94(120)108-59-70(68-25-29-72(30-26-68)103-92(118)79-14-10-42-105(79)95(121)80-15-11-41-104(80)89(115)16-6-4-7-40-106-90(116)35-36-91(106)117)52-84(108)97(123)110(82)99(125)133-62-67-23-19-65(20-24-67)51-75(113)58-101-38-47-129-48-39-102-88(114)34-31-73(111)13-12-43-128-46-37-100-57-74(112)50-64-17-21-66(22-18-64)61-132-98(124)109(81)96(122)83-53-71(60-107(83)93(77)119)69-27-32-76(126-2)33-28-69/h17-30,32-33,35-36,49,52-56,79-80,83-84,96-97,100-101,122-123H,4-16,31,34,37-48,50-51,57-62H2,1-3H3,(H,102,114)(H,103,118)/t79-,80-,83-,84-,96?,97?/m0/s1.